The SMILES string of the molecule is C[C@@]1(O)C[C@@H](N)C2(CCNCC2)C1. The molecule has 3 heteroatoms. The highest BCUT2D eigenvalue weighted by Gasteiger charge is 2.50. The van der Waals surface area contributed by atoms with Gasteiger partial charge in [0.25, 0.3) is 0 Å². The molecular formula is C10H20N2O. The number of piperidine rings is 1. The standard InChI is InChI=1S/C10H20N2O/c1-9(13)6-8(11)10(7-9)2-4-12-5-3-10/h8,12-13H,2-7,11H2,1H3/t8-,9-/m1/s1. The van der Waals surface area contributed by atoms with Crippen molar-refractivity contribution in [3.63, 3.8) is 0 Å². The third-order valence-electron chi connectivity index (χ3n) is 3.78. The van der Waals surface area contributed by atoms with Gasteiger partial charge in [0.05, 0.1) is 5.60 Å². The second-order valence-corrected chi connectivity index (χ2v) is 5.10. The second kappa shape index (κ2) is 2.94. The van der Waals surface area contributed by atoms with Crippen LogP contribution in [0.4, 0.5) is 0 Å². The number of hydrogen-bond acceptors (Lipinski definition) is 3. The van der Waals surface area contributed by atoms with Crippen LogP contribution < -0.4 is 11.1 Å². The lowest BCUT2D eigenvalue weighted by Gasteiger charge is -2.37. The molecule has 2 aliphatic rings. The van der Waals surface area contributed by atoms with Crippen molar-refractivity contribution in [2.75, 3.05) is 13.1 Å². The summed E-state index contributed by atoms with van der Waals surface area (Å²) in [5.74, 6) is 0. The van der Waals surface area contributed by atoms with Gasteiger partial charge in [-0.1, -0.05) is 0 Å². The van der Waals surface area contributed by atoms with Gasteiger partial charge < -0.3 is 16.2 Å². The Morgan fingerprint density at radius 3 is 2.46 bits per heavy atom. The maximum atomic E-state index is 9.98. The Bertz CT molecular complexity index is 197. The molecule has 0 aromatic carbocycles. The summed E-state index contributed by atoms with van der Waals surface area (Å²) in [6.07, 6.45) is 3.92. The molecule has 4 N–H and O–H groups in total. The van der Waals surface area contributed by atoms with E-state index in [1.54, 1.807) is 0 Å². The second-order valence-electron chi connectivity index (χ2n) is 5.10. The third kappa shape index (κ3) is 1.60. The first-order valence-corrected chi connectivity index (χ1v) is 5.23. The lowest BCUT2D eigenvalue weighted by atomic mass is 9.74. The fraction of sp³-hybridized carbons (Fsp3) is 1.00. The average molecular weight is 184 g/mol. The molecule has 0 amide bonds. The molecule has 1 aliphatic heterocycles. The molecule has 13 heavy (non-hydrogen) atoms. The fourth-order valence-corrected chi connectivity index (χ4v) is 3.12. The topological polar surface area (TPSA) is 58.3 Å². The van der Waals surface area contributed by atoms with Gasteiger partial charge in [-0.3, -0.25) is 0 Å². The van der Waals surface area contributed by atoms with Crippen LogP contribution in [-0.2, 0) is 0 Å². The van der Waals surface area contributed by atoms with E-state index in [0.717, 1.165) is 38.8 Å². The zero-order valence-corrected chi connectivity index (χ0v) is 8.34. The summed E-state index contributed by atoms with van der Waals surface area (Å²) < 4.78 is 0. The largest absolute Gasteiger partial charge is 0.390 e. The Balaban J connectivity index is 2.13. The summed E-state index contributed by atoms with van der Waals surface area (Å²) >= 11 is 0. The molecule has 0 aromatic rings. The molecule has 3 nitrogen and oxygen atoms in total. The van der Waals surface area contributed by atoms with E-state index in [1.165, 1.54) is 0 Å². The van der Waals surface area contributed by atoms with Crippen LogP contribution in [0.5, 0.6) is 0 Å². The molecule has 1 spiro atoms. The summed E-state index contributed by atoms with van der Waals surface area (Å²) in [5.41, 5.74) is 5.85. The summed E-state index contributed by atoms with van der Waals surface area (Å²) in [7, 11) is 0. The normalized spacial score (nSPS) is 44.1. The van der Waals surface area contributed by atoms with Gasteiger partial charge in [0, 0.05) is 6.04 Å². The summed E-state index contributed by atoms with van der Waals surface area (Å²) in [4.78, 5) is 0. The van der Waals surface area contributed by atoms with Crippen molar-refractivity contribution in [3.05, 3.63) is 0 Å². The highest BCUT2D eigenvalue weighted by molar-refractivity contribution is 5.05. The van der Waals surface area contributed by atoms with Crippen molar-refractivity contribution in [3.8, 4) is 0 Å². The van der Waals surface area contributed by atoms with E-state index in [1.807, 2.05) is 6.92 Å². The Morgan fingerprint density at radius 1 is 1.38 bits per heavy atom. The van der Waals surface area contributed by atoms with E-state index >= 15 is 0 Å². The van der Waals surface area contributed by atoms with Crippen LogP contribution in [0.25, 0.3) is 0 Å². The van der Waals surface area contributed by atoms with Gasteiger partial charge in [-0.05, 0) is 51.1 Å². The fourth-order valence-electron chi connectivity index (χ4n) is 3.12. The lowest BCUT2D eigenvalue weighted by Crippen LogP contribution is -2.45. The molecule has 2 fully saturated rings. The number of aliphatic hydroxyl groups is 1. The highest BCUT2D eigenvalue weighted by atomic mass is 16.3. The van der Waals surface area contributed by atoms with E-state index in [2.05, 4.69) is 5.32 Å². The van der Waals surface area contributed by atoms with Crippen LogP contribution in [0.3, 0.4) is 0 Å². The number of hydrogen-bond donors (Lipinski definition) is 3. The number of nitrogens with one attached hydrogen (secondary N) is 1. The molecule has 2 atom stereocenters. The summed E-state index contributed by atoms with van der Waals surface area (Å²) in [5, 5.41) is 13.3. The predicted molar refractivity (Wildman–Crippen MR) is 52.4 cm³/mol. The number of rotatable bonds is 0. The molecule has 1 heterocycles. The van der Waals surface area contributed by atoms with Crippen LogP contribution in [0.1, 0.15) is 32.6 Å². The molecule has 0 bridgehead atoms. The van der Waals surface area contributed by atoms with Gasteiger partial charge in [0.15, 0.2) is 0 Å². The summed E-state index contributed by atoms with van der Waals surface area (Å²) in [6.45, 7) is 4.04. The molecule has 2 rings (SSSR count). The van der Waals surface area contributed by atoms with Crippen molar-refractivity contribution >= 4 is 0 Å². The third-order valence-corrected chi connectivity index (χ3v) is 3.78. The Kier molecular flexibility index (Phi) is 2.13. The predicted octanol–water partition coefficient (Wildman–Crippen LogP) is 0.228. The van der Waals surface area contributed by atoms with E-state index in [-0.39, 0.29) is 11.5 Å². The average Bonchev–Trinajstić information content (AvgIpc) is 2.23. The smallest absolute Gasteiger partial charge is 0.0640 e. The van der Waals surface area contributed by atoms with Gasteiger partial charge in [0.1, 0.15) is 0 Å². The zero-order chi connectivity index (χ0) is 9.53. The maximum Gasteiger partial charge on any atom is 0.0640 e. The Labute approximate surface area is 79.7 Å². The van der Waals surface area contributed by atoms with Crippen molar-refractivity contribution in [1.82, 2.24) is 5.32 Å². The molecule has 1 aliphatic carbocycles. The molecule has 0 radical (unpaired) electrons. The van der Waals surface area contributed by atoms with Crippen molar-refractivity contribution in [2.24, 2.45) is 11.1 Å². The quantitative estimate of drug-likeness (QED) is 0.505. The molecule has 0 aromatic heterocycles. The molecule has 0 unspecified atom stereocenters. The maximum absolute atomic E-state index is 9.98. The van der Waals surface area contributed by atoms with Crippen LogP contribution in [0.2, 0.25) is 0 Å². The van der Waals surface area contributed by atoms with E-state index < -0.39 is 5.60 Å². The van der Waals surface area contributed by atoms with Crippen molar-refractivity contribution < 1.29 is 5.11 Å². The minimum Gasteiger partial charge on any atom is -0.390 e. The monoisotopic (exact) mass is 184 g/mol. The van der Waals surface area contributed by atoms with E-state index in [4.69, 9.17) is 5.73 Å². The van der Waals surface area contributed by atoms with Crippen LogP contribution in [0, 0.1) is 5.41 Å². The Morgan fingerprint density at radius 2 is 2.00 bits per heavy atom. The molecular weight excluding hydrogens is 164 g/mol. The van der Waals surface area contributed by atoms with Gasteiger partial charge in [-0.15, -0.1) is 0 Å². The number of nitrogens with two attached hydrogens (primary N) is 1. The minimum atomic E-state index is -0.517. The minimum absolute atomic E-state index is 0.199. The van der Waals surface area contributed by atoms with E-state index in [0.29, 0.717) is 0 Å². The lowest BCUT2D eigenvalue weighted by molar-refractivity contribution is 0.0467. The molecule has 76 valence electrons. The van der Waals surface area contributed by atoms with Crippen LogP contribution in [0.15, 0.2) is 0 Å². The first-order chi connectivity index (χ1) is 6.04. The summed E-state index contributed by atoms with van der Waals surface area (Å²) in [6, 6.07) is 0.199. The highest BCUT2D eigenvalue weighted by Crippen LogP contribution is 2.48. The first-order valence-electron chi connectivity index (χ1n) is 5.23. The first kappa shape index (κ1) is 9.44. The molecule has 1 saturated heterocycles. The van der Waals surface area contributed by atoms with E-state index in [9.17, 15) is 5.11 Å². The van der Waals surface area contributed by atoms with Crippen LogP contribution >= 0.6 is 0 Å². The van der Waals surface area contributed by atoms with Gasteiger partial charge in [0.2, 0.25) is 0 Å². The molecule has 1 saturated carbocycles. The van der Waals surface area contributed by atoms with Crippen LogP contribution in [-0.4, -0.2) is 29.8 Å². The zero-order valence-electron chi connectivity index (χ0n) is 8.34. The van der Waals surface area contributed by atoms with Crippen molar-refractivity contribution in [2.45, 2.75) is 44.2 Å². The van der Waals surface area contributed by atoms with Gasteiger partial charge in [-0.2, -0.15) is 0 Å². The van der Waals surface area contributed by atoms with Crippen molar-refractivity contribution in [1.29, 1.82) is 0 Å². The van der Waals surface area contributed by atoms with Gasteiger partial charge in [-0.25, -0.2) is 0 Å². The Hall–Kier alpha value is -0.120. The van der Waals surface area contributed by atoms with Gasteiger partial charge >= 0.3 is 0 Å².